The van der Waals surface area contributed by atoms with E-state index < -0.39 is 14.9 Å². The molecule has 1 fully saturated rings. The Morgan fingerprint density at radius 2 is 1.88 bits per heavy atom. The van der Waals surface area contributed by atoms with Crippen LogP contribution in [0.4, 0.5) is 5.69 Å². The van der Waals surface area contributed by atoms with Gasteiger partial charge in [-0.3, -0.25) is 14.9 Å². The van der Waals surface area contributed by atoms with Crippen LogP contribution in [0.2, 0.25) is 0 Å². The number of carbonyl (C=O) groups is 1. The zero-order chi connectivity index (χ0) is 19.2. The Labute approximate surface area is 152 Å². The molecule has 2 unspecified atom stereocenters. The monoisotopic (exact) mass is 384 g/mol. The molecule has 0 aliphatic heterocycles. The van der Waals surface area contributed by atoms with E-state index in [1.165, 1.54) is 0 Å². The van der Waals surface area contributed by atoms with Gasteiger partial charge in [0.1, 0.15) is 0 Å². The Morgan fingerprint density at radius 1 is 1.23 bits per heavy atom. The number of nitrogens with two attached hydrogens (primary N) is 1. The second kappa shape index (κ2) is 9.06. The molecule has 0 radical (unpaired) electrons. The van der Waals surface area contributed by atoms with E-state index in [9.17, 15) is 23.3 Å². The Kier molecular flexibility index (Phi) is 7.06. The van der Waals surface area contributed by atoms with E-state index in [1.807, 2.05) is 0 Å². The van der Waals surface area contributed by atoms with Gasteiger partial charge in [0.25, 0.3) is 5.69 Å². The smallest absolute Gasteiger partial charge is 0.269 e. The lowest BCUT2D eigenvalue weighted by molar-refractivity contribution is -0.384. The number of non-ortho nitro benzene ring substituents is 1. The van der Waals surface area contributed by atoms with E-state index >= 15 is 0 Å². The zero-order valence-corrected chi connectivity index (χ0v) is 15.2. The molecule has 2 atom stereocenters. The van der Waals surface area contributed by atoms with Crippen molar-refractivity contribution in [3.63, 3.8) is 0 Å². The van der Waals surface area contributed by atoms with Crippen LogP contribution >= 0.6 is 0 Å². The number of hydrogen-bond donors (Lipinski definition) is 3. The second-order valence-electron chi connectivity index (χ2n) is 6.35. The molecule has 1 aromatic carbocycles. The molecular weight excluding hydrogens is 360 g/mol. The zero-order valence-electron chi connectivity index (χ0n) is 14.4. The van der Waals surface area contributed by atoms with E-state index in [2.05, 4.69) is 10.0 Å². The maximum atomic E-state index is 12.2. The van der Waals surface area contributed by atoms with Gasteiger partial charge >= 0.3 is 0 Å². The Balaban J connectivity index is 1.83. The van der Waals surface area contributed by atoms with E-state index in [1.54, 1.807) is 0 Å². The van der Waals surface area contributed by atoms with Crippen LogP contribution in [0.1, 0.15) is 32.1 Å². The van der Waals surface area contributed by atoms with Gasteiger partial charge in [-0.25, -0.2) is 13.1 Å². The minimum atomic E-state index is -3.82. The molecule has 0 spiro atoms. The molecule has 1 saturated carbocycles. The van der Waals surface area contributed by atoms with E-state index in [0.29, 0.717) is 6.54 Å². The van der Waals surface area contributed by atoms with Gasteiger partial charge in [0.05, 0.1) is 9.82 Å². The summed E-state index contributed by atoms with van der Waals surface area (Å²) in [4.78, 5) is 22.0. The van der Waals surface area contributed by atoms with Gasteiger partial charge in [0, 0.05) is 31.1 Å². The fourth-order valence-corrected chi connectivity index (χ4v) is 4.12. The molecule has 0 saturated heterocycles. The maximum absolute atomic E-state index is 12.2. The minimum Gasteiger partial charge on any atom is -0.353 e. The lowest BCUT2D eigenvalue weighted by Gasteiger charge is -2.31. The van der Waals surface area contributed by atoms with Crippen LogP contribution in [0, 0.1) is 16.0 Å². The molecule has 1 aliphatic rings. The average Bonchev–Trinajstić information content (AvgIpc) is 2.62. The third kappa shape index (κ3) is 5.48. The Hall–Kier alpha value is -2.04. The number of nitro groups is 1. The number of benzene rings is 1. The second-order valence-corrected chi connectivity index (χ2v) is 8.12. The minimum absolute atomic E-state index is 0.0139. The molecule has 1 amide bonds. The maximum Gasteiger partial charge on any atom is 0.269 e. The fourth-order valence-electron chi connectivity index (χ4n) is 3.09. The summed E-state index contributed by atoms with van der Waals surface area (Å²) in [6.45, 7) is 0.475. The predicted molar refractivity (Wildman–Crippen MR) is 95.8 cm³/mol. The van der Waals surface area contributed by atoms with E-state index in [0.717, 1.165) is 49.9 Å². The predicted octanol–water partition coefficient (Wildman–Crippen LogP) is 0.897. The summed E-state index contributed by atoms with van der Waals surface area (Å²) in [6, 6.07) is 4.62. The molecule has 10 heteroatoms. The standard InChI is InChI=1S/C16H24N4O5S/c17-11-12-3-1-2-4-15(12)19-16(21)9-10-18-26(24,25)14-7-5-13(6-8-14)20(22)23/h5-8,12,15,18H,1-4,9-11,17H2,(H,19,21). The molecule has 4 N–H and O–H groups in total. The van der Waals surface area contributed by atoms with Crippen LogP contribution < -0.4 is 15.8 Å². The van der Waals surface area contributed by atoms with Crippen molar-refractivity contribution in [3.8, 4) is 0 Å². The van der Waals surface area contributed by atoms with Crippen LogP contribution in [0.3, 0.4) is 0 Å². The number of amides is 1. The highest BCUT2D eigenvalue weighted by Gasteiger charge is 2.25. The summed E-state index contributed by atoms with van der Waals surface area (Å²) < 4.78 is 26.6. The fraction of sp³-hybridized carbons (Fsp3) is 0.562. The van der Waals surface area contributed by atoms with Crippen molar-refractivity contribution in [2.24, 2.45) is 11.7 Å². The highest BCUT2D eigenvalue weighted by molar-refractivity contribution is 7.89. The number of carbonyl (C=O) groups excluding carboxylic acids is 1. The first kappa shape index (κ1) is 20.3. The quantitative estimate of drug-likeness (QED) is 0.448. The summed E-state index contributed by atoms with van der Waals surface area (Å²) in [5.74, 6) is 0.0475. The number of nitro benzene ring substituents is 1. The highest BCUT2D eigenvalue weighted by Crippen LogP contribution is 2.23. The summed E-state index contributed by atoms with van der Waals surface area (Å²) in [6.07, 6.45) is 4.06. The van der Waals surface area contributed by atoms with Gasteiger partial charge in [0.2, 0.25) is 15.9 Å². The third-order valence-corrected chi connectivity index (χ3v) is 6.04. The lowest BCUT2D eigenvalue weighted by Crippen LogP contribution is -2.45. The number of hydrogen-bond acceptors (Lipinski definition) is 6. The van der Waals surface area contributed by atoms with Crippen LogP contribution in [-0.2, 0) is 14.8 Å². The number of rotatable bonds is 8. The Bertz CT molecular complexity index is 736. The van der Waals surface area contributed by atoms with Crippen molar-refractivity contribution in [3.05, 3.63) is 34.4 Å². The third-order valence-electron chi connectivity index (χ3n) is 4.56. The average molecular weight is 384 g/mol. The van der Waals surface area contributed by atoms with Crippen molar-refractivity contribution in [1.82, 2.24) is 10.0 Å². The molecular formula is C16H24N4O5S. The van der Waals surface area contributed by atoms with Crippen LogP contribution in [-0.4, -0.2) is 38.4 Å². The lowest BCUT2D eigenvalue weighted by atomic mass is 9.84. The van der Waals surface area contributed by atoms with Crippen molar-refractivity contribution in [2.75, 3.05) is 13.1 Å². The van der Waals surface area contributed by atoms with Crippen LogP contribution in [0.5, 0.6) is 0 Å². The first-order valence-electron chi connectivity index (χ1n) is 8.57. The number of nitrogens with one attached hydrogen (secondary N) is 2. The van der Waals surface area contributed by atoms with Gasteiger partial charge in [-0.1, -0.05) is 12.8 Å². The van der Waals surface area contributed by atoms with Crippen LogP contribution in [0.25, 0.3) is 0 Å². The molecule has 2 rings (SSSR count). The van der Waals surface area contributed by atoms with E-state index in [-0.39, 0.29) is 41.4 Å². The largest absolute Gasteiger partial charge is 0.353 e. The SMILES string of the molecule is NCC1CCCCC1NC(=O)CCNS(=O)(=O)c1ccc([N+](=O)[O-])cc1. The van der Waals surface area contributed by atoms with Gasteiger partial charge in [0.15, 0.2) is 0 Å². The summed E-state index contributed by atoms with van der Waals surface area (Å²) in [7, 11) is -3.82. The Morgan fingerprint density at radius 3 is 2.50 bits per heavy atom. The molecule has 1 aliphatic carbocycles. The summed E-state index contributed by atoms with van der Waals surface area (Å²) >= 11 is 0. The molecule has 0 aromatic heterocycles. The van der Waals surface area contributed by atoms with Gasteiger partial charge < -0.3 is 11.1 Å². The summed E-state index contributed by atoms with van der Waals surface area (Å²) in [5.41, 5.74) is 5.55. The first-order valence-corrected chi connectivity index (χ1v) is 10.1. The molecule has 9 nitrogen and oxygen atoms in total. The molecule has 26 heavy (non-hydrogen) atoms. The van der Waals surface area contributed by atoms with Crippen molar-refractivity contribution in [1.29, 1.82) is 0 Å². The highest BCUT2D eigenvalue weighted by atomic mass is 32.2. The molecule has 0 heterocycles. The normalized spacial score (nSPS) is 20.5. The van der Waals surface area contributed by atoms with Crippen molar-refractivity contribution >= 4 is 21.6 Å². The summed E-state index contributed by atoms with van der Waals surface area (Å²) in [5, 5.41) is 13.5. The number of sulfonamides is 1. The van der Waals surface area contributed by atoms with Gasteiger partial charge in [-0.2, -0.15) is 0 Å². The van der Waals surface area contributed by atoms with Crippen molar-refractivity contribution in [2.45, 2.75) is 43.0 Å². The van der Waals surface area contributed by atoms with Crippen molar-refractivity contribution < 1.29 is 18.1 Å². The first-order chi connectivity index (χ1) is 12.3. The number of nitrogens with zero attached hydrogens (tertiary/aromatic N) is 1. The molecule has 144 valence electrons. The van der Waals surface area contributed by atoms with E-state index in [4.69, 9.17) is 5.73 Å². The van der Waals surface area contributed by atoms with Gasteiger partial charge in [-0.15, -0.1) is 0 Å². The molecule has 1 aromatic rings. The molecule has 0 bridgehead atoms. The van der Waals surface area contributed by atoms with Gasteiger partial charge in [-0.05, 0) is 37.4 Å². The van der Waals surface area contributed by atoms with Crippen LogP contribution in [0.15, 0.2) is 29.2 Å². The topological polar surface area (TPSA) is 144 Å².